The molecule has 4 heterocycles. The molecule has 3 aliphatic heterocycles. The van der Waals surface area contributed by atoms with Gasteiger partial charge in [0.25, 0.3) is 5.91 Å². The molecule has 8 rings (SSSR count). The van der Waals surface area contributed by atoms with E-state index < -0.39 is 0 Å². The van der Waals surface area contributed by atoms with Gasteiger partial charge in [0.2, 0.25) is 0 Å². The highest BCUT2D eigenvalue weighted by atomic mass is 16.5. The van der Waals surface area contributed by atoms with Crippen LogP contribution in [0.5, 0.6) is 5.75 Å². The number of nitrogens with one attached hydrogen (secondary N) is 1. The third-order valence-corrected chi connectivity index (χ3v) is 9.97. The van der Waals surface area contributed by atoms with Gasteiger partial charge in [-0.25, -0.2) is 0 Å². The Bertz CT molecular complexity index is 1270. The van der Waals surface area contributed by atoms with E-state index in [4.69, 9.17) is 4.74 Å². The lowest BCUT2D eigenvalue weighted by molar-refractivity contribution is 0.0620. The molecule has 3 aromatic rings. The maximum Gasteiger partial charge on any atom is 0.251 e. The van der Waals surface area contributed by atoms with Crippen LogP contribution >= 0.6 is 0 Å². The van der Waals surface area contributed by atoms with Crippen LogP contribution in [0.25, 0.3) is 0 Å². The second-order valence-electron chi connectivity index (χ2n) is 12.0. The van der Waals surface area contributed by atoms with Gasteiger partial charge in [-0.05, 0) is 110 Å². The van der Waals surface area contributed by atoms with Crippen LogP contribution in [0.2, 0.25) is 0 Å². The summed E-state index contributed by atoms with van der Waals surface area (Å²) >= 11 is 0. The van der Waals surface area contributed by atoms with E-state index in [1.54, 1.807) is 6.20 Å². The average Bonchev–Trinajstić information content (AvgIpc) is 3.60. The molecule has 4 atom stereocenters. The minimum atomic E-state index is 0.0211. The minimum Gasteiger partial charge on any atom is -0.487 e. The van der Waals surface area contributed by atoms with Gasteiger partial charge in [-0.1, -0.05) is 36.8 Å². The first kappa shape index (κ1) is 23.9. The second kappa shape index (κ2) is 9.85. The Hall–Kier alpha value is -3.18. The molecule has 2 aliphatic carbocycles. The molecule has 0 spiro atoms. The van der Waals surface area contributed by atoms with Crippen molar-refractivity contribution in [3.8, 4) is 5.75 Å². The Morgan fingerprint density at radius 2 is 1.71 bits per heavy atom. The SMILES string of the molecule is O=C(N[C@@H]1CN2CCC1CC2)c1ccc([C@]2(c3ccc(OCc4ccccn4)cc3)C[C@@H]3CC[C@H]2C3)cc1. The van der Waals surface area contributed by atoms with Gasteiger partial charge in [0.15, 0.2) is 0 Å². The fraction of sp³-hybridized carbons (Fsp3) is 0.455. The number of carbonyl (C=O) groups is 1. The van der Waals surface area contributed by atoms with Crippen LogP contribution in [0.3, 0.4) is 0 Å². The van der Waals surface area contributed by atoms with Gasteiger partial charge in [-0.15, -0.1) is 0 Å². The van der Waals surface area contributed by atoms with Crippen molar-refractivity contribution in [1.82, 2.24) is 15.2 Å². The largest absolute Gasteiger partial charge is 0.487 e. The number of carbonyl (C=O) groups excluding carboxylic acids is 1. The Balaban J connectivity index is 1.10. The first-order valence-corrected chi connectivity index (χ1v) is 14.4. The molecule has 0 unspecified atom stereocenters. The van der Waals surface area contributed by atoms with E-state index in [9.17, 15) is 4.79 Å². The molecule has 38 heavy (non-hydrogen) atoms. The van der Waals surface area contributed by atoms with E-state index in [2.05, 4.69) is 63.7 Å². The Morgan fingerprint density at radius 1 is 0.947 bits per heavy atom. The molecule has 1 N–H and O–H groups in total. The fourth-order valence-electron chi connectivity index (χ4n) is 7.99. The third-order valence-electron chi connectivity index (χ3n) is 9.97. The minimum absolute atomic E-state index is 0.0211. The lowest BCUT2D eigenvalue weighted by Gasteiger charge is -2.45. The molecular formula is C33H37N3O2. The van der Waals surface area contributed by atoms with Crippen molar-refractivity contribution in [1.29, 1.82) is 0 Å². The lowest BCUT2D eigenvalue weighted by atomic mass is 9.64. The van der Waals surface area contributed by atoms with Crippen molar-refractivity contribution in [2.45, 2.75) is 56.6 Å². The third kappa shape index (κ3) is 4.31. The van der Waals surface area contributed by atoms with Gasteiger partial charge < -0.3 is 15.0 Å². The van der Waals surface area contributed by atoms with E-state index in [1.807, 2.05) is 18.2 Å². The molecule has 1 amide bonds. The molecule has 1 aromatic heterocycles. The van der Waals surface area contributed by atoms with Crippen LogP contribution in [-0.4, -0.2) is 41.5 Å². The number of nitrogens with zero attached hydrogens (tertiary/aromatic N) is 2. The lowest BCUT2D eigenvalue weighted by Crippen LogP contribution is -2.57. The monoisotopic (exact) mass is 507 g/mol. The normalized spacial score (nSPS) is 31.3. The van der Waals surface area contributed by atoms with E-state index in [0.717, 1.165) is 29.5 Å². The standard InChI is InChI=1S/C33H37N3O2/c37-32(35-31-21-36-17-14-24(31)15-18-36)25-5-8-26(9-6-25)33(20-23-4-7-28(33)19-23)27-10-12-30(13-11-27)38-22-29-3-1-2-16-34-29/h1-3,5-6,8-13,16,23-24,28,31H,4,7,14-15,17-22H2,(H,35,37)/t23-,28+,31-,33+/m1/s1. The predicted molar refractivity (Wildman–Crippen MR) is 148 cm³/mol. The summed E-state index contributed by atoms with van der Waals surface area (Å²) in [7, 11) is 0. The van der Waals surface area contributed by atoms with Gasteiger partial charge in [-0.3, -0.25) is 9.78 Å². The summed E-state index contributed by atoms with van der Waals surface area (Å²) < 4.78 is 6.02. The fourth-order valence-corrected chi connectivity index (χ4v) is 7.99. The number of piperidine rings is 3. The maximum absolute atomic E-state index is 13.2. The summed E-state index contributed by atoms with van der Waals surface area (Å²) in [6, 6.07) is 23.5. The van der Waals surface area contributed by atoms with Gasteiger partial charge in [-0.2, -0.15) is 0 Å². The average molecular weight is 508 g/mol. The van der Waals surface area contributed by atoms with Crippen LogP contribution in [0.15, 0.2) is 72.9 Å². The second-order valence-corrected chi connectivity index (χ2v) is 12.0. The number of hydrogen-bond donors (Lipinski definition) is 1. The van der Waals surface area contributed by atoms with Crippen LogP contribution in [-0.2, 0) is 12.0 Å². The summed E-state index contributed by atoms with van der Waals surface area (Å²) in [6.07, 6.45) is 9.34. The van der Waals surface area contributed by atoms with Crippen molar-refractivity contribution in [2.24, 2.45) is 17.8 Å². The highest BCUT2D eigenvalue weighted by Gasteiger charge is 2.52. The van der Waals surface area contributed by atoms with Crippen LogP contribution in [0.1, 0.15) is 65.7 Å². The molecule has 3 saturated heterocycles. The molecule has 5 nitrogen and oxygen atoms in total. The molecule has 4 bridgehead atoms. The first-order valence-electron chi connectivity index (χ1n) is 14.4. The molecule has 5 fully saturated rings. The number of amides is 1. The van der Waals surface area contributed by atoms with Gasteiger partial charge in [0.05, 0.1) is 5.69 Å². The van der Waals surface area contributed by atoms with Crippen molar-refractivity contribution in [3.05, 3.63) is 95.3 Å². The topological polar surface area (TPSA) is 54.5 Å². The van der Waals surface area contributed by atoms with Crippen LogP contribution in [0.4, 0.5) is 0 Å². The smallest absolute Gasteiger partial charge is 0.251 e. The Kier molecular flexibility index (Phi) is 6.19. The maximum atomic E-state index is 13.2. The van der Waals surface area contributed by atoms with E-state index >= 15 is 0 Å². The van der Waals surface area contributed by atoms with E-state index in [1.165, 1.54) is 62.7 Å². The number of hydrogen-bond acceptors (Lipinski definition) is 4. The van der Waals surface area contributed by atoms with Crippen LogP contribution < -0.4 is 10.1 Å². The Morgan fingerprint density at radius 3 is 2.32 bits per heavy atom. The van der Waals surface area contributed by atoms with Crippen LogP contribution in [0, 0.1) is 17.8 Å². The highest BCUT2D eigenvalue weighted by molar-refractivity contribution is 5.94. The number of fused-ring (bicyclic) bond motifs is 5. The number of aromatic nitrogens is 1. The number of pyridine rings is 1. The summed E-state index contributed by atoms with van der Waals surface area (Å²) in [5, 5.41) is 3.35. The summed E-state index contributed by atoms with van der Waals surface area (Å²) in [5.74, 6) is 3.03. The van der Waals surface area contributed by atoms with E-state index in [0.29, 0.717) is 24.5 Å². The summed E-state index contributed by atoms with van der Waals surface area (Å²) in [5.41, 5.74) is 4.46. The molecule has 5 aliphatic rings. The molecule has 5 heteroatoms. The molecule has 2 aromatic carbocycles. The van der Waals surface area contributed by atoms with Gasteiger partial charge in [0.1, 0.15) is 12.4 Å². The predicted octanol–water partition coefficient (Wildman–Crippen LogP) is 5.59. The van der Waals surface area contributed by atoms with Crippen molar-refractivity contribution < 1.29 is 9.53 Å². The highest BCUT2D eigenvalue weighted by Crippen LogP contribution is 2.60. The molecule has 0 radical (unpaired) electrons. The van der Waals surface area contributed by atoms with Crippen molar-refractivity contribution in [3.63, 3.8) is 0 Å². The zero-order valence-electron chi connectivity index (χ0n) is 22.0. The molecule has 2 saturated carbocycles. The number of rotatable bonds is 7. The Labute approximate surface area is 225 Å². The summed E-state index contributed by atoms with van der Waals surface area (Å²) in [6.45, 7) is 3.85. The number of benzene rings is 2. The molecular weight excluding hydrogens is 470 g/mol. The quantitative estimate of drug-likeness (QED) is 0.453. The number of ether oxygens (including phenoxy) is 1. The summed E-state index contributed by atoms with van der Waals surface area (Å²) in [4.78, 5) is 20.0. The van der Waals surface area contributed by atoms with Crippen molar-refractivity contribution >= 4 is 5.91 Å². The van der Waals surface area contributed by atoms with Gasteiger partial charge >= 0.3 is 0 Å². The van der Waals surface area contributed by atoms with Crippen molar-refractivity contribution in [2.75, 3.05) is 19.6 Å². The van der Waals surface area contributed by atoms with E-state index in [-0.39, 0.29) is 11.3 Å². The first-order chi connectivity index (χ1) is 18.7. The van der Waals surface area contributed by atoms with Gasteiger partial charge in [0, 0.05) is 29.8 Å². The zero-order valence-corrected chi connectivity index (χ0v) is 22.0. The zero-order chi connectivity index (χ0) is 25.5. The molecule has 196 valence electrons.